The van der Waals surface area contributed by atoms with Gasteiger partial charge >= 0.3 is 12.0 Å². The van der Waals surface area contributed by atoms with E-state index in [4.69, 9.17) is 0 Å². The van der Waals surface area contributed by atoms with Crippen molar-refractivity contribution in [2.24, 2.45) is 0 Å². The van der Waals surface area contributed by atoms with E-state index in [1.165, 1.54) is 29.2 Å². The molecule has 0 bridgehead atoms. The Labute approximate surface area is 123 Å². The standard InChI is InChI=1S/C14H22N2O3S/c1-6-16(14(4,5)12(17)18)13(19)15-8-11-7-9(2)10(3)20-11/h7H,6,8H2,1-5H3,(H,15,19)(H,17,18). The molecular formula is C14H22N2O3S. The van der Waals surface area contributed by atoms with Crippen LogP contribution in [0.1, 0.15) is 36.1 Å². The van der Waals surface area contributed by atoms with Gasteiger partial charge in [0.05, 0.1) is 6.54 Å². The Balaban J connectivity index is 2.71. The molecule has 0 saturated heterocycles. The Morgan fingerprint density at radius 3 is 2.40 bits per heavy atom. The number of amides is 2. The van der Waals surface area contributed by atoms with Crippen molar-refractivity contribution >= 4 is 23.3 Å². The molecule has 0 aliphatic carbocycles. The highest BCUT2D eigenvalue weighted by Crippen LogP contribution is 2.20. The molecule has 0 atom stereocenters. The van der Waals surface area contributed by atoms with E-state index in [0.29, 0.717) is 13.1 Å². The number of rotatable bonds is 5. The van der Waals surface area contributed by atoms with Crippen LogP contribution in [0.15, 0.2) is 6.07 Å². The van der Waals surface area contributed by atoms with E-state index in [9.17, 15) is 14.7 Å². The van der Waals surface area contributed by atoms with Gasteiger partial charge in [0.1, 0.15) is 5.54 Å². The first-order chi connectivity index (χ1) is 9.20. The predicted molar refractivity (Wildman–Crippen MR) is 80.1 cm³/mol. The van der Waals surface area contributed by atoms with Gasteiger partial charge in [0, 0.05) is 16.3 Å². The number of likely N-dealkylation sites (N-methyl/N-ethyl adjacent to an activating group) is 1. The minimum absolute atomic E-state index is 0.341. The number of aryl methyl sites for hydroxylation is 2. The number of carboxylic acid groups (broad SMARTS) is 1. The molecule has 6 heteroatoms. The summed E-state index contributed by atoms with van der Waals surface area (Å²) in [6.07, 6.45) is 0. The summed E-state index contributed by atoms with van der Waals surface area (Å²) >= 11 is 1.64. The first-order valence-corrected chi connectivity index (χ1v) is 7.36. The highest BCUT2D eigenvalue weighted by atomic mass is 32.1. The van der Waals surface area contributed by atoms with Gasteiger partial charge in [-0.3, -0.25) is 0 Å². The van der Waals surface area contributed by atoms with Crippen molar-refractivity contribution in [2.75, 3.05) is 6.54 Å². The largest absolute Gasteiger partial charge is 0.480 e. The molecule has 1 aromatic rings. The van der Waals surface area contributed by atoms with Crippen LogP contribution >= 0.6 is 11.3 Å². The van der Waals surface area contributed by atoms with Gasteiger partial charge in [-0.1, -0.05) is 0 Å². The van der Waals surface area contributed by atoms with E-state index in [-0.39, 0.29) is 6.03 Å². The summed E-state index contributed by atoms with van der Waals surface area (Å²) in [5, 5.41) is 12.0. The lowest BCUT2D eigenvalue weighted by Crippen LogP contribution is -2.55. The molecule has 0 fully saturated rings. The van der Waals surface area contributed by atoms with Crippen LogP contribution in [0.2, 0.25) is 0 Å². The van der Waals surface area contributed by atoms with Gasteiger partial charge in [0.2, 0.25) is 0 Å². The molecule has 1 heterocycles. The summed E-state index contributed by atoms with van der Waals surface area (Å²) in [4.78, 5) is 27.0. The van der Waals surface area contributed by atoms with Crippen LogP contribution in [-0.4, -0.2) is 34.1 Å². The Kier molecular flexibility index (Phi) is 5.16. The molecule has 0 aliphatic heterocycles. The van der Waals surface area contributed by atoms with Crippen LogP contribution in [0.4, 0.5) is 4.79 Å². The molecule has 0 aromatic carbocycles. The van der Waals surface area contributed by atoms with Crippen LogP contribution in [0, 0.1) is 13.8 Å². The maximum atomic E-state index is 12.1. The summed E-state index contributed by atoms with van der Waals surface area (Å²) in [6.45, 7) is 9.65. The van der Waals surface area contributed by atoms with E-state index >= 15 is 0 Å². The summed E-state index contributed by atoms with van der Waals surface area (Å²) in [7, 11) is 0. The minimum atomic E-state index is -1.22. The minimum Gasteiger partial charge on any atom is -0.480 e. The van der Waals surface area contributed by atoms with E-state index in [1.807, 2.05) is 19.9 Å². The number of nitrogens with one attached hydrogen (secondary N) is 1. The number of nitrogens with zero attached hydrogens (tertiary/aromatic N) is 1. The quantitative estimate of drug-likeness (QED) is 0.878. The number of carbonyl (C=O) groups excluding carboxylic acids is 1. The number of carbonyl (C=O) groups is 2. The Hall–Kier alpha value is -1.56. The third kappa shape index (κ3) is 3.50. The monoisotopic (exact) mass is 298 g/mol. The summed E-state index contributed by atoms with van der Waals surface area (Å²) in [6, 6.07) is 1.68. The zero-order valence-electron chi connectivity index (χ0n) is 12.6. The zero-order chi connectivity index (χ0) is 15.5. The van der Waals surface area contributed by atoms with Crippen molar-refractivity contribution in [2.45, 2.75) is 46.7 Å². The van der Waals surface area contributed by atoms with Gasteiger partial charge in [0.25, 0.3) is 0 Å². The normalized spacial score (nSPS) is 11.2. The molecule has 0 saturated carbocycles. The van der Waals surface area contributed by atoms with Crippen LogP contribution in [-0.2, 0) is 11.3 Å². The highest BCUT2D eigenvalue weighted by Gasteiger charge is 2.36. The van der Waals surface area contributed by atoms with Crippen LogP contribution in [0.3, 0.4) is 0 Å². The summed E-state index contributed by atoms with van der Waals surface area (Å²) in [5.41, 5.74) is -0.0161. The predicted octanol–water partition coefficient (Wildman–Crippen LogP) is 2.76. The third-order valence-electron chi connectivity index (χ3n) is 3.39. The second kappa shape index (κ2) is 6.26. The van der Waals surface area contributed by atoms with Gasteiger partial charge in [-0.25, -0.2) is 9.59 Å². The SMILES string of the molecule is CCN(C(=O)NCc1cc(C)c(C)s1)C(C)(C)C(=O)O. The molecule has 5 nitrogen and oxygen atoms in total. The Morgan fingerprint density at radius 1 is 1.40 bits per heavy atom. The molecule has 1 rings (SSSR count). The zero-order valence-corrected chi connectivity index (χ0v) is 13.4. The van der Waals surface area contributed by atoms with Gasteiger partial charge in [-0.05, 0) is 46.2 Å². The molecular weight excluding hydrogens is 276 g/mol. The number of carboxylic acids is 1. The fourth-order valence-electron chi connectivity index (χ4n) is 1.90. The highest BCUT2D eigenvalue weighted by molar-refractivity contribution is 7.12. The van der Waals surface area contributed by atoms with Crippen LogP contribution < -0.4 is 5.32 Å². The number of aliphatic carboxylic acids is 1. The molecule has 0 aliphatic rings. The maximum Gasteiger partial charge on any atom is 0.329 e. The second-order valence-corrected chi connectivity index (χ2v) is 6.56. The lowest BCUT2D eigenvalue weighted by Gasteiger charge is -2.34. The van der Waals surface area contributed by atoms with E-state index < -0.39 is 11.5 Å². The van der Waals surface area contributed by atoms with Crippen LogP contribution in [0.25, 0.3) is 0 Å². The van der Waals surface area contributed by atoms with Crippen LogP contribution in [0.5, 0.6) is 0 Å². The number of thiophene rings is 1. The summed E-state index contributed by atoms with van der Waals surface area (Å²) < 4.78 is 0. The molecule has 20 heavy (non-hydrogen) atoms. The number of hydrogen-bond donors (Lipinski definition) is 2. The van der Waals surface area contributed by atoms with Crippen molar-refractivity contribution in [3.8, 4) is 0 Å². The van der Waals surface area contributed by atoms with Gasteiger partial charge < -0.3 is 15.3 Å². The maximum absolute atomic E-state index is 12.1. The Bertz CT molecular complexity index is 489. The summed E-state index contributed by atoms with van der Waals surface area (Å²) in [5.74, 6) is -1.02. The van der Waals surface area contributed by atoms with Gasteiger partial charge in [-0.2, -0.15) is 0 Å². The van der Waals surface area contributed by atoms with Crippen molar-refractivity contribution < 1.29 is 14.7 Å². The average molecular weight is 298 g/mol. The molecule has 2 N–H and O–H groups in total. The first-order valence-electron chi connectivity index (χ1n) is 6.55. The van der Waals surface area contributed by atoms with Crippen molar-refractivity contribution in [3.63, 3.8) is 0 Å². The second-order valence-electron chi connectivity index (χ2n) is 5.22. The van der Waals surface area contributed by atoms with Gasteiger partial charge in [0.15, 0.2) is 0 Å². The molecule has 1 aromatic heterocycles. The molecule has 2 amide bonds. The van der Waals surface area contributed by atoms with Crippen molar-refractivity contribution in [3.05, 3.63) is 21.4 Å². The third-order valence-corrected chi connectivity index (χ3v) is 4.54. The molecule has 112 valence electrons. The topological polar surface area (TPSA) is 69.6 Å². The fourth-order valence-corrected chi connectivity index (χ4v) is 2.90. The molecule has 0 spiro atoms. The number of hydrogen-bond acceptors (Lipinski definition) is 3. The van der Waals surface area contributed by atoms with E-state index in [0.717, 1.165) is 4.88 Å². The lowest BCUT2D eigenvalue weighted by molar-refractivity contribution is -0.147. The lowest BCUT2D eigenvalue weighted by atomic mass is 10.0. The first kappa shape index (κ1) is 16.5. The average Bonchev–Trinajstić information content (AvgIpc) is 2.66. The van der Waals surface area contributed by atoms with Crippen molar-refractivity contribution in [1.82, 2.24) is 10.2 Å². The smallest absolute Gasteiger partial charge is 0.329 e. The van der Waals surface area contributed by atoms with E-state index in [2.05, 4.69) is 5.32 Å². The van der Waals surface area contributed by atoms with Crippen molar-refractivity contribution in [1.29, 1.82) is 0 Å². The van der Waals surface area contributed by atoms with E-state index in [1.54, 1.807) is 18.3 Å². The van der Waals surface area contributed by atoms with Gasteiger partial charge in [-0.15, -0.1) is 11.3 Å². The fraction of sp³-hybridized carbons (Fsp3) is 0.571. The molecule has 0 unspecified atom stereocenters. The Morgan fingerprint density at radius 2 is 2.00 bits per heavy atom. The number of urea groups is 1. The molecule has 0 radical (unpaired) electrons.